The number of nitrogens with zero attached hydrogens (tertiary/aromatic N) is 3. The maximum atomic E-state index is 12.9. The van der Waals surface area contributed by atoms with Crippen molar-refractivity contribution in [1.82, 2.24) is 14.1 Å². The van der Waals surface area contributed by atoms with Crippen LogP contribution in [-0.2, 0) is 26.2 Å². The molecule has 0 saturated carbocycles. The van der Waals surface area contributed by atoms with Crippen molar-refractivity contribution in [3.63, 3.8) is 0 Å². The molecule has 0 N–H and O–H groups in total. The highest BCUT2D eigenvalue weighted by atomic mass is 32.2. The molecule has 4 rings (SSSR count). The Morgan fingerprint density at radius 3 is 2.43 bits per heavy atom. The summed E-state index contributed by atoms with van der Waals surface area (Å²) >= 11 is 0. The SMILES string of the molecule is Cc1ccc(S(=O)(=O)N2CCN(C(=O)[C@@H]3CC(=O)N(Cc4ccco4)C3)CC2)cc1. The third kappa shape index (κ3) is 4.13. The molecule has 0 aliphatic carbocycles. The van der Waals surface area contributed by atoms with Crippen molar-refractivity contribution in [3.05, 3.63) is 54.0 Å². The van der Waals surface area contributed by atoms with E-state index in [2.05, 4.69) is 0 Å². The Balaban J connectivity index is 1.34. The Morgan fingerprint density at radius 1 is 1.10 bits per heavy atom. The average Bonchev–Trinajstić information content (AvgIpc) is 3.38. The molecule has 8 nitrogen and oxygen atoms in total. The predicted molar refractivity (Wildman–Crippen MR) is 109 cm³/mol. The van der Waals surface area contributed by atoms with Crippen LogP contribution in [0.5, 0.6) is 0 Å². The van der Waals surface area contributed by atoms with Crippen molar-refractivity contribution < 1.29 is 22.4 Å². The molecule has 1 aromatic heterocycles. The summed E-state index contributed by atoms with van der Waals surface area (Å²) in [7, 11) is -3.57. The molecule has 2 aliphatic heterocycles. The first kappa shape index (κ1) is 20.6. The van der Waals surface area contributed by atoms with E-state index in [0.29, 0.717) is 31.9 Å². The smallest absolute Gasteiger partial charge is 0.243 e. The van der Waals surface area contributed by atoms with Gasteiger partial charge in [-0.1, -0.05) is 17.7 Å². The molecule has 0 spiro atoms. The average molecular weight is 432 g/mol. The van der Waals surface area contributed by atoms with Crippen LogP contribution in [0.25, 0.3) is 0 Å². The summed E-state index contributed by atoms with van der Waals surface area (Å²) in [5.41, 5.74) is 0.997. The monoisotopic (exact) mass is 431 g/mol. The normalized spacial score (nSPS) is 20.7. The number of hydrogen-bond donors (Lipinski definition) is 0. The first-order valence-corrected chi connectivity index (χ1v) is 11.4. The van der Waals surface area contributed by atoms with Gasteiger partial charge in [0, 0.05) is 39.1 Å². The van der Waals surface area contributed by atoms with Gasteiger partial charge in [-0.2, -0.15) is 4.31 Å². The van der Waals surface area contributed by atoms with Gasteiger partial charge < -0.3 is 14.2 Å². The largest absolute Gasteiger partial charge is 0.467 e. The minimum Gasteiger partial charge on any atom is -0.467 e. The molecule has 1 aromatic carbocycles. The summed E-state index contributed by atoms with van der Waals surface area (Å²) in [5, 5.41) is 0. The van der Waals surface area contributed by atoms with E-state index in [9.17, 15) is 18.0 Å². The highest BCUT2D eigenvalue weighted by Crippen LogP contribution is 2.24. The number of piperazine rings is 1. The van der Waals surface area contributed by atoms with Gasteiger partial charge in [-0.25, -0.2) is 8.42 Å². The zero-order valence-electron chi connectivity index (χ0n) is 16.9. The Kier molecular flexibility index (Phi) is 5.66. The van der Waals surface area contributed by atoms with Crippen molar-refractivity contribution in [2.75, 3.05) is 32.7 Å². The van der Waals surface area contributed by atoms with Crippen molar-refractivity contribution in [2.45, 2.75) is 24.8 Å². The summed E-state index contributed by atoms with van der Waals surface area (Å²) in [4.78, 5) is 28.8. The van der Waals surface area contributed by atoms with Crippen LogP contribution >= 0.6 is 0 Å². The quantitative estimate of drug-likeness (QED) is 0.715. The third-order valence-corrected chi connectivity index (χ3v) is 7.61. The van der Waals surface area contributed by atoms with Crippen LogP contribution < -0.4 is 0 Å². The molecule has 2 saturated heterocycles. The number of carbonyl (C=O) groups excluding carboxylic acids is 2. The Morgan fingerprint density at radius 2 is 1.80 bits per heavy atom. The highest BCUT2D eigenvalue weighted by molar-refractivity contribution is 7.89. The lowest BCUT2D eigenvalue weighted by atomic mass is 10.1. The summed E-state index contributed by atoms with van der Waals surface area (Å²) in [5.74, 6) is 0.141. The van der Waals surface area contributed by atoms with Crippen LogP contribution in [0.4, 0.5) is 0 Å². The molecule has 160 valence electrons. The second-order valence-corrected chi connectivity index (χ2v) is 9.74. The molecule has 2 aliphatic rings. The van der Waals surface area contributed by atoms with Crippen LogP contribution in [0.3, 0.4) is 0 Å². The molecule has 9 heteroatoms. The molecule has 0 bridgehead atoms. The number of likely N-dealkylation sites (tertiary alicyclic amines) is 1. The molecule has 3 heterocycles. The number of aryl methyl sites for hydroxylation is 1. The van der Waals surface area contributed by atoms with Gasteiger partial charge >= 0.3 is 0 Å². The van der Waals surface area contributed by atoms with E-state index < -0.39 is 15.9 Å². The van der Waals surface area contributed by atoms with E-state index in [4.69, 9.17) is 4.42 Å². The van der Waals surface area contributed by atoms with Crippen molar-refractivity contribution in [1.29, 1.82) is 0 Å². The van der Waals surface area contributed by atoms with Gasteiger partial charge in [0.2, 0.25) is 21.8 Å². The van der Waals surface area contributed by atoms with Gasteiger partial charge in [-0.15, -0.1) is 0 Å². The van der Waals surface area contributed by atoms with Crippen molar-refractivity contribution >= 4 is 21.8 Å². The van der Waals surface area contributed by atoms with E-state index >= 15 is 0 Å². The lowest BCUT2D eigenvalue weighted by Crippen LogP contribution is -2.52. The van der Waals surface area contributed by atoms with Crippen LogP contribution in [0, 0.1) is 12.8 Å². The molecule has 2 fully saturated rings. The maximum absolute atomic E-state index is 12.9. The van der Waals surface area contributed by atoms with E-state index in [1.54, 1.807) is 52.5 Å². The lowest BCUT2D eigenvalue weighted by Gasteiger charge is -2.35. The van der Waals surface area contributed by atoms with Crippen LogP contribution in [-0.4, -0.2) is 67.1 Å². The van der Waals surface area contributed by atoms with Crippen molar-refractivity contribution in [2.24, 2.45) is 5.92 Å². The number of benzene rings is 1. The summed E-state index contributed by atoms with van der Waals surface area (Å²) < 4.78 is 32.4. The summed E-state index contributed by atoms with van der Waals surface area (Å²) in [6.07, 6.45) is 1.74. The number of amides is 2. The van der Waals surface area contributed by atoms with Crippen LogP contribution in [0.2, 0.25) is 0 Å². The first-order chi connectivity index (χ1) is 14.3. The molecule has 2 amide bonds. The lowest BCUT2D eigenvalue weighted by molar-refractivity contribution is -0.137. The molecular weight excluding hydrogens is 406 g/mol. The fourth-order valence-corrected chi connectivity index (χ4v) is 5.37. The Labute approximate surface area is 176 Å². The zero-order chi connectivity index (χ0) is 21.3. The Bertz CT molecular complexity index is 1010. The molecule has 0 radical (unpaired) electrons. The second-order valence-electron chi connectivity index (χ2n) is 7.80. The van der Waals surface area contributed by atoms with Gasteiger partial charge in [0.05, 0.1) is 23.6 Å². The molecule has 2 aromatic rings. The molecule has 30 heavy (non-hydrogen) atoms. The number of sulfonamides is 1. The van der Waals surface area contributed by atoms with Crippen LogP contribution in [0.1, 0.15) is 17.7 Å². The Hall–Kier alpha value is -2.65. The van der Waals surface area contributed by atoms with E-state index in [-0.39, 0.29) is 36.2 Å². The van der Waals surface area contributed by atoms with Gasteiger partial charge in [0.15, 0.2) is 0 Å². The van der Waals surface area contributed by atoms with Crippen molar-refractivity contribution in [3.8, 4) is 0 Å². The fourth-order valence-electron chi connectivity index (χ4n) is 3.95. The zero-order valence-corrected chi connectivity index (χ0v) is 17.7. The van der Waals surface area contributed by atoms with Gasteiger partial charge in [0.25, 0.3) is 0 Å². The fraction of sp³-hybridized carbons (Fsp3) is 0.429. The molecular formula is C21H25N3O5S. The molecule has 0 unspecified atom stereocenters. The number of rotatable bonds is 5. The minimum absolute atomic E-state index is 0.0645. The number of carbonyl (C=O) groups is 2. The predicted octanol–water partition coefficient (Wildman–Crippen LogP) is 1.47. The summed E-state index contributed by atoms with van der Waals surface area (Å²) in [6, 6.07) is 10.3. The van der Waals surface area contributed by atoms with E-state index in [1.165, 1.54) is 4.31 Å². The topological polar surface area (TPSA) is 91.1 Å². The highest BCUT2D eigenvalue weighted by Gasteiger charge is 2.38. The van der Waals surface area contributed by atoms with Gasteiger partial charge in [0.1, 0.15) is 5.76 Å². The minimum atomic E-state index is -3.57. The first-order valence-electron chi connectivity index (χ1n) is 10.0. The molecule has 1 atom stereocenters. The maximum Gasteiger partial charge on any atom is 0.243 e. The van der Waals surface area contributed by atoms with E-state index in [1.807, 2.05) is 6.92 Å². The van der Waals surface area contributed by atoms with E-state index in [0.717, 1.165) is 5.56 Å². The summed E-state index contributed by atoms with van der Waals surface area (Å²) in [6.45, 7) is 3.78. The van der Waals surface area contributed by atoms with Gasteiger partial charge in [-0.05, 0) is 31.2 Å². The standard InChI is InChI=1S/C21H25N3O5S/c1-16-4-6-19(7-5-16)30(27,28)24-10-8-22(9-11-24)21(26)17-13-20(25)23(14-17)15-18-3-2-12-29-18/h2-7,12,17H,8-11,13-15H2,1H3/t17-/m1/s1. The second kappa shape index (κ2) is 8.23. The van der Waals surface area contributed by atoms with Crippen LogP contribution in [0.15, 0.2) is 52.0 Å². The number of furan rings is 1. The third-order valence-electron chi connectivity index (χ3n) is 5.70. The number of hydrogen-bond acceptors (Lipinski definition) is 5. The van der Waals surface area contributed by atoms with Gasteiger partial charge in [-0.3, -0.25) is 9.59 Å².